The summed E-state index contributed by atoms with van der Waals surface area (Å²) in [4.78, 5) is 24.2. The molecule has 0 saturated carbocycles. The molecule has 0 aromatic heterocycles. The first-order valence-corrected chi connectivity index (χ1v) is 11.3. The number of allylic oxidation sites excluding steroid dienone is 3. The van der Waals surface area contributed by atoms with Crippen LogP contribution < -0.4 is 0 Å². The fourth-order valence-electron chi connectivity index (χ4n) is 5.07. The van der Waals surface area contributed by atoms with Crippen LogP contribution in [-0.2, 0) is 19.1 Å². The maximum Gasteiger partial charge on any atom is 0.308 e. The molecule has 0 bridgehead atoms. The van der Waals surface area contributed by atoms with Crippen molar-refractivity contribution >= 4 is 11.9 Å². The smallest absolute Gasteiger partial charge is 0.308 e. The second-order valence-corrected chi connectivity index (χ2v) is 9.36. The molecule has 162 valence electrons. The lowest BCUT2D eigenvalue weighted by molar-refractivity contribution is -0.162. The van der Waals surface area contributed by atoms with E-state index in [2.05, 4.69) is 32.1 Å². The molecule has 0 aromatic rings. The van der Waals surface area contributed by atoms with E-state index in [4.69, 9.17) is 9.47 Å². The third-order valence-electron chi connectivity index (χ3n) is 6.93. The molecular weight excluding hydrogens is 368 g/mol. The lowest BCUT2D eigenvalue weighted by atomic mass is 9.65. The monoisotopic (exact) mass is 404 g/mol. The topological polar surface area (TPSA) is 72.8 Å². The highest BCUT2D eigenvalue weighted by Crippen LogP contribution is 2.45. The summed E-state index contributed by atoms with van der Waals surface area (Å²) in [7, 11) is 0. The van der Waals surface area contributed by atoms with Gasteiger partial charge in [-0.05, 0) is 49.0 Å². The fourth-order valence-corrected chi connectivity index (χ4v) is 5.07. The zero-order valence-corrected chi connectivity index (χ0v) is 18.2. The Labute approximate surface area is 174 Å². The van der Waals surface area contributed by atoms with E-state index in [1.807, 2.05) is 13.8 Å². The minimum Gasteiger partial charge on any atom is -0.462 e. The third kappa shape index (κ3) is 5.30. The number of rotatable bonds is 6. The van der Waals surface area contributed by atoms with Gasteiger partial charge < -0.3 is 14.6 Å². The molecule has 1 fully saturated rings. The van der Waals surface area contributed by atoms with Gasteiger partial charge in [-0.15, -0.1) is 0 Å². The highest BCUT2D eigenvalue weighted by atomic mass is 16.5. The van der Waals surface area contributed by atoms with Gasteiger partial charge in [0.25, 0.3) is 0 Å². The molecule has 0 amide bonds. The average Bonchev–Trinajstić information content (AvgIpc) is 2.65. The van der Waals surface area contributed by atoms with E-state index in [9.17, 15) is 14.7 Å². The normalized spacial score (nSPS) is 37.9. The Hall–Kier alpha value is -1.62. The summed E-state index contributed by atoms with van der Waals surface area (Å²) in [5, 5.41) is 9.89. The molecule has 29 heavy (non-hydrogen) atoms. The number of hydrogen-bond acceptors (Lipinski definition) is 5. The summed E-state index contributed by atoms with van der Waals surface area (Å²) in [6.45, 7) is 8.33. The molecule has 3 rings (SSSR count). The number of carbonyl (C=O) groups excluding carboxylic acids is 2. The van der Waals surface area contributed by atoms with Crippen LogP contribution in [0.25, 0.3) is 0 Å². The Morgan fingerprint density at radius 3 is 2.76 bits per heavy atom. The lowest BCUT2D eigenvalue weighted by Crippen LogP contribution is -2.42. The van der Waals surface area contributed by atoms with Gasteiger partial charge in [0.05, 0.1) is 18.4 Å². The molecule has 1 saturated heterocycles. The molecule has 0 spiro atoms. The maximum absolute atomic E-state index is 12.5. The van der Waals surface area contributed by atoms with Crippen molar-refractivity contribution in [2.75, 3.05) is 0 Å². The van der Waals surface area contributed by atoms with Gasteiger partial charge in [-0.1, -0.05) is 45.9 Å². The number of cyclic esters (lactones) is 1. The standard InChI is InChI=1S/C24H36O5/c1-5-15(3)24(27)29-21-11-14(2)10-17-7-6-16(4)20(23(17)21)9-8-19-12-18(25)13-22(26)28-19/h6-7,10,14-16,18-21,23,25H,5,8-9,11-13H2,1-4H3/t14-,15+,16-,18+,19?,20-,21-,23+/m0/s1. The first-order valence-electron chi connectivity index (χ1n) is 11.3. The van der Waals surface area contributed by atoms with Gasteiger partial charge in [-0.25, -0.2) is 0 Å². The largest absolute Gasteiger partial charge is 0.462 e. The first-order chi connectivity index (χ1) is 13.8. The van der Waals surface area contributed by atoms with Crippen LogP contribution in [0.3, 0.4) is 0 Å². The molecule has 2 aliphatic carbocycles. The minimum atomic E-state index is -0.597. The van der Waals surface area contributed by atoms with Crippen molar-refractivity contribution < 1.29 is 24.2 Å². The highest BCUT2D eigenvalue weighted by molar-refractivity contribution is 5.72. The number of aliphatic hydroxyl groups is 1. The van der Waals surface area contributed by atoms with Crippen molar-refractivity contribution in [3.05, 3.63) is 23.8 Å². The van der Waals surface area contributed by atoms with Gasteiger partial charge in [0.2, 0.25) is 0 Å². The van der Waals surface area contributed by atoms with Crippen LogP contribution in [-0.4, -0.2) is 35.4 Å². The maximum atomic E-state index is 12.5. The van der Waals surface area contributed by atoms with Gasteiger partial charge in [0, 0.05) is 12.3 Å². The second kappa shape index (κ2) is 9.46. The summed E-state index contributed by atoms with van der Waals surface area (Å²) >= 11 is 0. The second-order valence-electron chi connectivity index (χ2n) is 9.36. The van der Waals surface area contributed by atoms with E-state index < -0.39 is 6.10 Å². The van der Waals surface area contributed by atoms with Crippen molar-refractivity contribution in [3.8, 4) is 0 Å². The molecule has 1 unspecified atom stereocenters. The van der Waals surface area contributed by atoms with Crippen LogP contribution in [0, 0.1) is 29.6 Å². The van der Waals surface area contributed by atoms with E-state index in [1.54, 1.807) is 0 Å². The third-order valence-corrected chi connectivity index (χ3v) is 6.93. The minimum absolute atomic E-state index is 0.0854. The quantitative estimate of drug-likeness (QED) is 0.672. The number of fused-ring (bicyclic) bond motifs is 1. The number of hydrogen-bond donors (Lipinski definition) is 1. The molecule has 5 nitrogen and oxygen atoms in total. The molecule has 0 aromatic carbocycles. The molecule has 1 aliphatic heterocycles. The Morgan fingerprint density at radius 1 is 1.31 bits per heavy atom. The SMILES string of the molecule is CC[C@@H](C)C(=O)O[C@H]1C[C@@H](C)C=C2C=C[C@H](C)[C@H](CCC3C[C@@H](O)CC(=O)O3)[C@@H]21. The Balaban J connectivity index is 1.74. The summed E-state index contributed by atoms with van der Waals surface area (Å²) in [6, 6.07) is 0. The molecule has 1 N–H and O–H groups in total. The van der Waals surface area contributed by atoms with Crippen molar-refractivity contribution in [2.45, 2.75) is 84.5 Å². The summed E-state index contributed by atoms with van der Waals surface area (Å²) in [6.07, 6.45) is 9.70. The Bertz CT molecular complexity index is 666. The Kier molecular flexibility index (Phi) is 7.20. The van der Waals surface area contributed by atoms with Gasteiger partial charge >= 0.3 is 11.9 Å². The zero-order valence-electron chi connectivity index (χ0n) is 18.2. The number of ether oxygens (including phenoxy) is 2. The molecule has 5 heteroatoms. The van der Waals surface area contributed by atoms with Crippen molar-refractivity contribution in [1.29, 1.82) is 0 Å². The number of esters is 2. The van der Waals surface area contributed by atoms with Gasteiger partial charge in [0.15, 0.2) is 0 Å². The van der Waals surface area contributed by atoms with E-state index in [0.29, 0.717) is 24.2 Å². The van der Waals surface area contributed by atoms with Crippen molar-refractivity contribution in [3.63, 3.8) is 0 Å². The zero-order chi connectivity index (χ0) is 21.1. The van der Waals surface area contributed by atoms with E-state index in [-0.39, 0.29) is 42.4 Å². The Morgan fingerprint density at radius 2 is 2.07 bits per heavy atom. The van der Waals surface area contributed by atoms with Crippen molar-refractivity contribution in [2.24, 2.45) is 29.6 Å². The lowest BCUT2D eigenvalue weighted by Gasteiger charge is -2.43. The molecule has 0 radical (unpaired) electrons. The molecule has 8 atom stereocenters. The van der Waals surface area contributed by atoms with E-state index in [1.165, 1.54) is 5.57 Å². The van der Waals surface area contributed by atoms with Gasteiger partial charge in [-0.3, -0.25) is 9.59 Å². The van der Waals surface area contributed by atoms with E-state index >= 15 is 0 Å². The van der Waals surface area contributed by atoms with Crippen LogP contribution in [0.15, 0.2) is 23.8 Å². The van der Waals surface area contributed by atoms with Gasteiger partial charge in [0.1, 0.15) is 12.2 Å². The summed E-state index contributed by atoms with van der Waals surface area (Å²) in [5.41, 5.74) is 1.27. The van der Waals surface area contributed by atoms with Crippen LogP contribution >= 0.6 is 0 Å². The predicted octanol–water partition coefficient (Wildman–Crippen LogP) is 4.20. The van der Waals surface area contributed by atoms with Gasteiger partial charge in [-0.2, -0.15) is 0 Å². The summed E-state index contributed by atoms with van der Waals surface area (Å²) in [5.74, 6) is 0.755. The van der Waals surface area contributed by atoms with Crippen molar-refractivity contribution in [1.82, 2.24) is 0 Å². The van der Waals surface area contributed by atoms with Crippen LogP contribution in [0.4, 0.5) is 0 Å². The van der Waals surface area contributed by atoms with E-state index in [0.717, 1.165) is 25.7 Å². The van der Waals surface area contributed by atoms with Crippen LogP contribution in [0.1, 0.15) is 66.2 Å². The molecule has 3 aliphatic rings. The molecule has 1 heterocycles. The number of carbonyl (C=O) groups is 2. The molecular formula is C24H36O5. The fraction of sp³-hybridized carbons (Fsp3) is 0.750. The average molecular weight is 405 g/mol. The first kappa shape index (κ1) is 22.1. The number of aliphatic hydroxyl groups excluding tert-OH is 1. The highest BCUT2D eigenvalue weighted by Gasteiger charge is 2.42. The van der Waals surface area contributed by atoms with Crippen LogP contribution in [0.2, 0.25) is 0 Å². The summed E-state index contributed by atoms with van der Waals surface area (Å²) < 4.78 is 11.5. The van der Waals surface area contributed by atoms with Crippen LogP contribution in [0.5, 0.6) is 0 Å². The predicted molar refractivity (Wildman–Crippen MR) is 111 cm³/mol.